The fourth-order valence-electron chi connectivity index (χ4n) is 4.12. The van der Waals surface area contributed by atoms with Crippen molar-refractivity contribution in [3.63, 3.8) is 0 Å². The van der Waals surface area contributed by atoms with Gasteiger partial charge in [0.15, 0.2) is 0 Å². The van der Waals surface area contributed by atoms with Crippen LogP contribution >= 0.6 is 0 Å². The lowest BCUT2D eigenvalue weighted by molar-refractivity contribution is 0.259. The van der Waals surface area contributed by atoms with Gasteiger partial charge in [-0.3, -0.25) is 0 Å². The summed E-state index contributed by atoms with van der Waals surface area (Å²) in [5.74, 6) is 4.25. The zero-order chi connectivity index (χ0) is 8.84. The number of ether oxygens (including phenoxy) is 1. The van der Waals surface area contributed by atoms with Gasteiger partial charge in [0.2, 0.25) is 0 Å². The van der Waals surface area contributed by atoms with Crippen molar-refractivity contribution in [2.24, 2.45) is 23.7 Å². The predicted octanol–water partition coefficient (Wildman–Crippen LogP) is 2.97. The summed E-state index contributed by atoms with van der Waals surface area (Å²) in [6.07, 6.45) is 9.28. The van der Waals surface area contributed by atoms with Crippen molar-refractivity contribution in [2.75, 3.05) is 7.11 Å². The van der Waals surface area contributed by atoms with Crippen LogP contribution in [0.1, 0.15) is 32.1 Å². The van der Waals surface area contributed by atoms with Gasteiger partial charge in [-0.15, -0.1) is 0 Å². The average molecular weight is 178 g/mol. The SMILES string of the molecule is CO/C=C1\C[C@@H]2[C@@H]3CC[C@@H](C3)[C@@H]2C1. The van der Waals surface area contributed by atoms with Gasteiger partial charge >= 0.3 is 0 Å². The Hall–Kier alpha value is -0.460. The molecule has 4 atom stereocenters. The molecule has 0 saturated heterocycles. The fourth-order valence-corrected chi connectivity index (χ4v) is 4.12. The van der Waals surface area contributed by atoms with Gasteiger partial charge in [-0.25, -0.2) is 0 Å². The lowest BCUT2D eigenvalue weighted by Crippen LogP contribution is -2.15. The molecule has 0 N–H and O–H groups in total. The highest BCUT2D eigenvalue weighted by atomic mass is 16.5. The van der Waals surface area contributed by atoms with Gasteiger partial charge < -0.3 is 4.74 Å². The van der Waals surface area contributed by atoms with Crippen LogP contribution in [0.3, 0.4) is 0 Å². The maximum absolute atomic E-state index is 5.12. The first kappa shape index (κ1) is 7.90. The van der Waals surface area contributed by atoms with Crippen molar-refractivity contribution >= 4 is 0 Å². The van der Waals surface area contributed by atoms with Crippen LogP contribution in [-0.2, 0) is 4.74 Å². The Morgan fingerprint density at radius 2 is 1.77 bits per heavy atom. The lowest BCUT2D eigenvalue weighted by atomic mass is 9.82. The van der Waals surface area contributed by atoms with Gasteiger partial charge in [-0.05, 0) is 61.3 Å². The van der Waals surface area contributed by atoms with Gasteiger partial charge in [0, 0.05) is 0 Å². The molecule has 3 aliphatic carbocycles. The molecule has 3 fully saturated rings. The molecular weight excluding hydrogens is 160 g/mol. The number of fused-ring (bicyclic) bond motifs is 5. The number of rotatable bonds is 1. The molecule has 0 heterocycles. The van der Waals surface area contributed by atoms with Crippen molar-refractivity contribution in [3.05, 3.63) is 11.8 Å². The third-order valence-corrected chi connectivity index (χ3v) is 4.55. The first-order valence-electron chi connectivity index (χ1n) is 5.59. The molecule has 0 unspecified atom stereocenters. The molecule has 72 valence electrons. The Kier molecular flexibility index (Phi) is 1.68. The minimum absolute atomic E-state index is 1.04. The zero-order valence-corrected chi connectivity index (χ0v) is 8.33. The highest BCUT2D eigenvalue weighted by molar-refractivity contribution is 5.15. The third kappa shape index (κ3) is 1.06. The molecule has 0 aromatic heterocycles. The monoisotopic (exact) mass is 178 g/mol. The molecule has 1 heteroatoms. The minimum Gasteiger partial charge on any atom is -0.504 e. The van der Waals surface area contributed by atoms with E-state index in [2.05, 4.69) is 0 Å². The quantitative estimate of drug-likeness (QED) is 0.561. The van der Waals surface area contributed by atoms with Gasteiger partial charge in [0.1, 0.15) is 0 Å². The molecule has 2 bridgehead atoms. The van der Waals surface area contributed by atoms with Crippen molar-refractivity contribution in [1.29, 1.82) is 0 Å². The summed E-state index contributed by atoms with van der Waals surface area (Å²) in [6.45, 7) is 0. The number of methoxy groups -OCH3 is 1. The van der Waals surface area contributed by atoms with Crippen LogP contribution in [0.15, 0.2) is 11.8 Å². The maximum atomic E-state index is 5.12. The number of hydrogen-bond acceptors (Lipinski definition) is 1. The van der Waals surface area contributed by atoms with Crippen molar-refractivity contribution < 1.29 is 4.74 Å². The van der Waals surface area contributed by atoms with Crippen molar-refractivity contribution in [2.45, 2.75) is 32.1 Å². The molecule has 13 heavy (non-hydrogen) atoms. The Morgan fingerprint density at radius 1 is 1.15 bits per heavy atom. The minimum atomic E-state index is 1.04. The van der Waals surface area contributed by atoms with E-state index in [0.717, 1.165) is 23.7 Å². The molecule has 0 amide bonds. The fraction of sp³-hybridized carbons (Fsp3) is 0.833. The summed E-state index contributed by atoms with van der Waals surface area (Å²) in [7, 11) is 1.77. The average Bonchev–Trinajstić information content (AvgIpc) is 2.72. The van der Waals surface area contributed by atoms with Crippen LogP contribution in [0.2, 0.25) is 0 Å². The van der Waals surface area contributed by atoms with Crippen LogP contribution in [0, 0.1) is 23.7 Å². The zero-order valence-electron chi connectivity index (χ0n) is 8.33. The molecular formula is C12H18O. The first-order valence-corrected chi connectivity index (χ1v) is 5.59. The summed E-state index contributed by atoms with van der Waals surface area (Å²) in [5, 5.41) is 0. The summed E-state index contributed by atoms with van der Waals surface area (Å²) in [4.78, 5) is 0. The van der Waals surface area contributed by atoms with Crippen LogP contribution in [-0.4, -0.2) is 7.11 Å². The van der Waals surface area contributed by atoms with E-state index in [-0.39, 0.29) is 0 Å². The van der Waals surface area contributed by atoms with Crippen LogP contribution in [0.4, 0.5) is 0 Å². The standard InChI is InChI=1S/C12H18O/c1-13-7-8-4-11-9-2-3-10(6-9)12(11)5-8/h7,9-12H,2-6H2,1H3/b8-7-/t9-,10+,11-,12+/m0/s1. The largest absolute Gasteiger partial charge is 0.504 e. The van der Waals surface area contributed by atoms with Crippen LogP contribution < -0.4 is 0 Å². The molecule has 3 rings (SSSR count). The Labute approximate surface area is 80.2 Å². The van der Waals surface area contributed by atoms with Gasteiger partial charge in [0.25, 0.3) is 0 Å². The van der Waals surface area contributed by atoms with Gasteiger partial charge in [0.05, 0.1) is 13.4 Å². The van der Waals surface area contributed by atoms with Crippen LogP contribution in [0.5, 0.6) is 0 Å². The third-order valence-electron chi connectivity index (χ3n) is 4.55. The Morgan fingerprint density at radius 3 is 2.31 bits per heavy atom. The Balaban J connectivity index is 1.79. The maximum Gasteiger partial charge on any atom is 0.0816 e. The molecule has 1 nitrogen and oxygen atoms in total. The van der Waals surface area contributed by atoms with E-state index in [1.807, 2.05) is 6.26 Å². The molecule has 0 aromatic rings. The predicted molar refractivity (Wildman–Crippen MR) is 52.1 cm³/mol. The molecule has 0 aliphatic heterocycles. The first-order chi connectivity index (χ1) is 6.38. The van der Waals surface area contributed by atoms with Gasteiger partial charge in [-0.1, -0.05) is 0 Å². The highest BCUT2D eigenvalue weighted by Gasteiger charge is 2.50. The Bertz CT molecular complexity index is 224. The smallest absolute Gasteiger partial charge is 0.0816 e. The summed E-state index contributed by atoms with van der Waals surface area (Å²) in [6, 6.07) is 0. The molecule has 0 spiro atoms. The van der Waals surface area contributed by atoms with E-state index < -0.39 is 0 Å². The second kappa shape index (κ2) is 2.76. The number of hydrogen-bond donors (Lipinski definition) is 0. The van der Waals surface area contributed by atoms with E-state index in [1.54, 1.807) is 19.1 Å². The number of allylic oxidation sites excluding steroid dienone is 1. The van der Waals surface area contributed by atoms with E-state index >= 15 is 0 Å². The second-order valence-electron chi connectivity index (χ2n) is 5.08. The summed E-state index contributed by atoms with van der Waals surface area (Å²) >= 11 is 0. The van der Waals surface area contributed by atoms with Gasteiger partial charge in [-0.2, -0.15) is 0 Å². The summed E-state index contributed by atoms with van der Waals surface area (Å²) in [5.41, 5.74) is 1.58. The van der Waals surface area contributed by atoms with E-state index in [0.29, 0.717) is 0 Å². The van der Waals surface area contributed by atoms with E-state index in [1.165, 1.54) is 25.7 Å². The molecule has 0 aromatic carbocycles. The molecule has 0 radical (unpaired) electrons. The topological polar surface area (TPSA) is 9.23 Å². The summed E-state index contributed by atoms with van der Waals surface area (Å²) < 4.78 is 5.12. The normalized spacial score (nSPS) is 50.1. The second-order valence-corrected chi connectivity index (χ2v) is 5.08. The van der Waals surface area contributed by atoms with Crippen molar-refractivity contribution in [1.82, 2.24) is 0 Å². The molecule has 3 aliphatic rings. The van der Waals surface area contributed by atoms with E-state index in [4.69, 9.17) is 4.74 Å². The lowest BCUT2D eigenvalue weighted by Gasteiger charge is -2.23. The van der Waals surface area contributed by atoms with E-state index in [9.17, 15) is 0 Å². The van der Waals surface area contributed by atoms with Crippen molar-refractivity contribution in [3.8, 4) is 0 Å². The molecule has 3 saturated carbocycles. The highest BCUT2D eigenvalue weighted by Crippen LogP contribution is 2.59. The van der Waals surface area contributed by atoms with Crippen LogP contribution in [0.25, 0.3) is 0 Å².